The highest BCUT2D eigenvalue weighted by Crippen LogP contribution is 2.35. The standard InChI is InChI=1S/C26H30F4N2O3.C3H6.C2H6/c1-16-12-20(26(28,29)30)13-19(24(16)33)14-31-25(34)23-7-6-22(15-35-23)32-10-8-18(9-11-32)17-2-4-21(27)5-3-17;1-2-3-1;1-2/h2-5,12-13,18,22-23,33H,6-11,14-15H2,1H3,(H,31,34);1-3H2;1-2H3. The lowest BCUT2D eigenvalue weighted by Crippen LogP contribution is -2.49. The molecule has 5 nitrogen and oxygen atoms in total. The number of rotatable bonds is 5. The van der Waals surface area contributed by atoms with Crippen LogP contribution in [0.2, 0.25) is 0 Å². The van der Waals surface area contributed by atoms with Gasteiger partial charge in [-0.3, -0.25) is 9.69 Å². The van der Waals surface area contributed by atoms with E-state index in [1.54, 1.807) is 0 Å². The topological polar surface area (TPSA) is 61.8 Å². The second-order valence-electron chi connectivity index (χ2n) is 10.5. The second-order valence-corrected chi connectivity index (χ2v) is 10.5. The lowest BCUT2D eigenvalue weighted by Gasteiger charge is -2.40. The molecule has 2 atom stereocenters. The molecule has 2 unspecified atom stereocenters. The Morgan fingerprint density at radius 1 is 1.02 bits per heavy atom. The van der Waals surface area contributed by atoms with Gasteiger partial charge in [0.15, 0.2) is 0 Å². The molecule has 2 heterocycles. The first kappa shape index (κ1) is 31.9. The highest BCUT2D eigenvalue weighted by Gasteiger charge is 2.34. The van der Waals surface area contributed by atoms with E-state index in [9.17, 15) is 27.5 Å². The number of likely N-dealkylation sites (tertiary alicyclic amines) is 1. The normalized spacial score (nSPS) is 21.4. The summed E-state index contributed by atoms with van der Waals surface area (Å²) in [6.45, 7) is 7.40. The van der Waals surface area contributed by atoms with Gasteiger partial charge in [0.1, 0.15) is 17.7 Å². The van der Waals surface area contributed by atoms with Crippen molar-refractivity contribution in [1.82, 2.24) is 10.2 Å². The van der Waals surface area contributed by atoms with E-state index in [0.717, 1.165) is 50.0 Å². The highest BCUT2D eigenvalue weighted by atomic mass is 19.4. The Morgan fingerprint density at radius 3 is 2.17 bits per heavy atom. The quantitative estimate of drug-likeness (QED) is 0.379. The van der Waals surface area contributed by atoms with Crippen molar-refractivity contribution in [2.75, 3.05) is 19.7 Å². The van der Waals surface area contributed by atoms with Crippen LogP contribution in [0.1, 0.15) is 87.0 Å². The number of phenols is 1. The second kappa shape index (κ2) is 14.8. The molecule has 2 aliphatic heterocycles. The number of carbonyl (C=O) groups is 1. The van der Waals surface area contributed by atoms with Gasteiger partial charge in [-0.05, 0) is 87.0 Å². The molecular weight excluding hydrogens is 524 g/mol. The maximum Gasteiger partial charge on any atom is 0.416 e. The van der Waals surface area contributed by atoms with Crippen molar-refractivity contribution in [3.05, 3.63) is 64.5 Å². The Labute approximate surface area is 234 Å². The minimum absolute atomic E-state index is 0.0170. The van der Waals surface area contributed by atoms with Crippen LogP contribution in [0.5, 0.6) is 5.75 Å². The fraction of sp³-hybridized carbons (Fsp3) is 0.581. The number of benzene rings is 2. The third-order valence-electron chi connectivity index (χ3n) is 7.45. The van der Waals surface area contributed by atoms with Crippen LogP contribution in [0.4, 0.5) is 17.6 Å². The number of nitrogens with zero attached hydrogens (tertiary/aromatic N) is 1. The van der Waals surface area contributed by atoms with Crippen molar-refractivity contribution < 1.29 is 32.2 Å². The van der Waals surface area contributed by atoms with Crippen molar-refractivity contribution in [2.45, 2.75) is 96.5 Å². The molecule has 1 saturated carbocycles. The number of nitrogens with one attached hydrogen (secondary N) is 1. The molecule has 1 amide bonds. The summed E-state index contributed by atoms with van der Waals surface area (Å²) in [7, 11) is 0. The average Bonchev–Trinajstić information content (AvgIpc) is 3.85. The largest absolute Gasteiger partial charge is 0.507 e. The van der Waals surface area contributed by atoms with E-state index in [1.165, 1.54) is 38.3 Å². The van der Waals surface area contributed by atoms with E-state index in [2.05, 4.69) is 10.2 Å². The summed E-state index contributed by atoms with van der Waals surface area (Å²) < 4.78 is 58.2. The van der Waals surface area contributed by atoms with Crippen molar-refractivity contribution in [2.24, 2.45) is 0 Å². The molecule has 0 spiro atoms. The van der Waals surface area contributed by atoms with E-state index in [1.807, 2.05) is 26.0 Å². The zero-order valence-corrected chi connectivity index (χ0v) is 23.7. The Morgan fingerprint density at radius 2 is 1.65 bits per heavy atom. The van der Waals surface area contributed by atoms with Gasteiger partial charge in [0.2, 0.25) is 5.91 Å². The van der Waals surface area contributed by atoms with Crippen LogP contribution in [-0.4, -0.2) is 47.8 Å². The Balaban J connectivity index is 0.000000809. The third-order valence-corrected chi connectivity index (χ3v) is 7.45. The predicted molar refractivity (Wildman–Crippen MR) is 148 cm³/mol. The summed E-state index contributed by atoms with van der Waals surface area (Å²) in [5.74, 6) is -0.475. The monoisotopic (exact) mass is 566 g/mol. The van der Waals surface area contributed by atoms with E-state index >= 15 is 0 Å². The van der Waals surface area contributed by atoms with Gasteiger partial charge in [-0.15, -0.1) is 0 Å². The molecule has 2 N–H and O–H groups in total. The lowest BCUT2D eigenvalue weighted by atomic mass is 9.88. The van der Waals surface area contributed by atoms with Gasteiger partial charge in [0.25, 0.3) is 0 Å². The minimum atomic E-state index is -4.54. The molecule has 40 heavy (non-hydrogen) atoms. The molecule has 2 aromatic carbocycles. The first-order chi connectivity index (χ1) is 19.1. The molecule has 0 bridgehead atoms. The number of hydrogen-bond donors (Lipinski definition) is 2. The number of halogens is 4. The molecule has 3 fully saturated rings. The summed E-state index contributed by atoms with van der Waals surface area (Å²) in [5, 5.41) is 12.7. The van der Waals surface area contributed by atoms with Crippen LogP contribution in [-0.2, 0) is 22.3 Å². The van der Waals surface area contributed by atoms with Gasteiger partial charge in [0, 0.05) is 18.2 Å². The number of aryl methyl sites for hydroxylation is 1. The number of piperidine rings is 1. The van der Waals surface area contributed by atoms with Gasteiger partial charge in [-0.25, -0.2) is 4.39 Å². The first-order valence-electron chi connectivity index (χ1n) is 14.4. The zero-order chi connectivity index (χ0) is 29.3. The smallest absolute Gasteiger partial charge is 0.416 e. The summed E-state index contributed by atoms with van der Waals surface area (Å²) in [6.07, 6.45) is 2.55. The fourth-order valence-corrected chi connectivity index (χ4v) is 5.01. The van der Waals surface area contributed by atoms with Crippen LogP contribution >= 0.6 is 0 Å². The van der Waals surface area contributed by atoms with Crippen molar-refractivity contribution in [1.29, 1.82) is 0 Å². The van der Waals surface area contributed by atoms with Gasteiger partial charge in [0.05, 0.1) is 12.2 Å². The number of carbonyl (C=O) groups excluding carboxylic acids is 1. The fourth-order valence-electron chi connectivity index (χ4n) is 5.01. The molecule has 9 heteroatoms. The van der Waals surface area contributed by atoms with Crippen molar-refractivity contribution >= 4 is 5.91 Å². The number of alkyl halides is 3. The summed E-state index contributed by atoms with van der Waals surface area (Å²) in [4.78, 5) is 14.9. The van der Waals surface area contributed by atoms with Crippen molar-refractivity contribution in [3.8, 4) is 5.75 Å². The van der Waals surface area contributed by atoms with Gasteiger partial charge in [-0.1, -0.05) is 45.2 Å². The Kier molecular flexibility index (Phi) is 11.8. The summed E-state index contributed by atoms with van der Waals surface area (Å²) in [6, 6.07) is 8.65. The van der Waals surface area contributed by atoms with E-state index in [-0.39, 0.29) is 35.3 Å². The molecular formula is C31H42F4N2O3. The minimum Gasteiger partial charge on any atom is -0.507 e. The predicted octanol–water partition coefficient (Wildman–Crippen LogP) is 7.10. The number of aromatic hydroxyl groups is 1. The SMILES string of the molecule is C1CC1.CC.Cc1cc(C(F)(F)F)cc(CNC(=O)C2CCC(N3CCC(c4ccc(F)cc4)CC3)CO2)c1O. The zero-order valence-electron chi connectivity index (χ0n) is 23.7. The molecule has 2 aromatic rings. The molecule has 1 aliphatic carbocycles. The van der Waals surface area contributed by atoms with E-state index in [4.69, 9.17) is 4.74 Å². The van der Waals surface area contributed by atoms with E-state index < -0.39 is 23.8 Å². The first-order valence-corrected chi connectivity index (χ1v) is 14.4. The van der Waals surface area contributed by atoms with Gasteiger partial charge < -0.3 is 15.2 Å². The van der Waals surface area contributed by atoms with Gasteiger partial charge in [-0.2, -0.15) is 13.2 Å². The van der Waals surface area contributed by atoms with Gasteiger partial charge >= 0.3 is 6.18 Å². The number of hydrogen-bond acceptors (Lipinski definition) is 4. The molecule has 0 radical (unpaired) electrons. The molecule has 5 rings (SSSR count). The lowest BCUT2D eigenvalue weighted by molar-refractivity contribution is -0.139. The van der Waals surface area contributed by atoms with Crippen LogP contribution in [0.25, 0.3) is 0 Å². The van der Waals surface area contributed by atoms with Crippen molar-refractivity contribution in [3.63, 3.8) is 0 Å². The maximum absolute atomic E-state index is 13.2. The van der Waals surface area contributed by atoms with Crippen LogP contribution in [0.3, 0.4) is 0 Å². The Bertz CT molecular complexity index is 1070. The highest BCUT2D eigenvalue weighted by molar-refractivity contribution is 5.80. The van der Waals surface area contributed by atoms with Crippen LogP contribution < -0.4 is 5.32 Å². The molecule has 222 valence electrons. The maximum atomic E-state index is 13.2. The van der Waals surface area contributed by atoms with Crippen LogP contribution in [0, 0.1) is 12.7 Å². The number of phenolic OH excluding ortho intramolecular Hbond substituents is 1. The average molecular weight is 567 g/mol. The molecule has 3 aliphatic rings. The van der Waals surface area contributed by atoms with Crippen LogP contribution in [0.15, 0.2) is 36.4 Å². The van der Waals surface area contributed by atoms with E-state index in [0.29, 0.717) is 18.9 Å². The third kappa shape index (κ3) is 9.20. The molecule has 0 aromatic heterocycles. The molecule has 2 saturated heterocycles. The number of ether oxygens (including phenoxy) is 1. The summed E-state index contributed by atoms with van der Waals surface area (Å²) >= 11 is 0. The summed E-state index contributed by atoms with van der Waals surface area (Å²) in [5.41, 5.74) is 0.411. The number of amides is 1. The Hall–Kier alpha value is -2.65.